The molecule has 2 atom stereocenters. The molecular formula is C29H28N4O7. The van der Waals surface area contributed by atoms with Gasteiger partial charge in [-0.2, -0.15) is 0 Å². The van der Waals surface area contributed by atoms with Gasteiger partial charge in [0.2, 0.25) is 5.91 Å². The van der Waals surface area contributed by atoms with Crippen LogP contribution < -0.4 is 10.1 Å². The van der Waals surface area contributed by atoms with Gasteiger partial charge in [0.05, 0.1) is 19.3 Å². The highest BCUT2D eigenvalue weighted by Crippen LogP contribution is 2.30. The molecule has 2 aromatic carbocycles. The number of benzene rings is 2. The van der Waals surface area contributed by atoms with Crippen LogP contribution in [0.2, 0.25) is 0 Å². The molecule has 0 bridgehead atoms. The molecule has 1 saturated heterocycles. The number of methoxy groups -OCH3 is 1. The highest BCUT2D eigenvalue weighted by Gasteiger charge is 2.36. The summed E-state index contributed by atoms with van der Waals surface area (Å²) >= 11 is 0. The number of aliphatic carboxylic acids is 1. The van der Waals surface area contributed by atoms with E-state index in [2.05, 4.69) is 15.3 Å². The summed E-state index contributed by atoms with van der Waals surface area (Å²) in [7, 11) is 1.51. The van der Waals surface area contributed by atoms with Gasteiger partial charge in [-0.15, -0.1) is 0 Å². The number of nitrogens with one attached hydrogen (secondary N) is 1. The lowest BCUT2D eigenvalue weighted by molar-refractivity contribution is -0.139. The zero-order chi connectivity index (χ0) is 28.6. The van der Waals surface area contributed by atoms with Crippen molar-refractivity contribution in [3.05, 3.63) is 89.7 Å². The zero-order valence-corrected chi connectivity index (χ0v) is 21.9. The van der Waals surface area contributed by atoms with E-state index in [-0.39, 0.29) is 25.3 Å². The Morgan fingerprint density at radius 2 is 1.82 bits per heavy atom. The Hall–Kier alpha value is -5.06. The molecule has 4 rings (SSSR count). The Bertz CT molecular complexity index is 1420. The fraction of sp³-hybridized carbons (Fsp3) is 0.241. The molecule has 0 aliphatic carbocycles. The van der Waals surface area contributed by atoms with E-state index in [4.69, 9.17) is 9.47 Å². The van der Waals surface area contributed by atoms with Crippen molar-refractivity contribution >= 4 is 35.3 Å². The maximum absolute atomic E-state index is 13.1. The van der Waals surface area contributed by atoms with Crippen molar-refractivity contribution in [1.82, 2.24) is 9.88 Å². The van der Waals surface area contributed by atoms with Crippen molar-refractivity contribution in [2.45, 2.75) is 25.3 Å². The molecule has 1 aromatic heterocycles. The van der Waals surface area contributed by atoms with Crippen LogP contribution in [0.5, 0.6) is 5.75 Å². The average Bonchev–Trinajstić information content (AvgIpc) is 3.41. The number of nitrogens with zero attached hydrogens (tertiary/aromatic N) is 3. The van der Waals surface area contributed by atoms with Crippen molar-refractivity contribution in [3.63, 3.8) is 0 Å². The fourth-order valence-corrected chi connectivity index (χ4v) is 4.37. The minimum atomic E-state index is -1.39. The summed E-state index contributed by atoms with van der Waals surface area (Å²) in [5.41, 5.74) is 1.99. The summed E-state index contributed by atoms with van der Waals surface area (Å²) in [6.07, 6.45) is 0.448. The molecule has 0 spiro atoms. The van der Waals surface area contributed by atoms with E-state index in [9.17, 15) is 24.3 Å². The smallest absolute Gasteiger partial charge is 0.416 e. The first kappa shape index (κ1) is 28.0. The number of pyridine rings is 1. The largest absolute Gasteiger partial charge is 0.497 e. The molecule has 40 heavy (non-hydrogen) atoms. The number of hydrogen-bond acceptors (Lipinski definition) is 8. The maximum atomic E-state index is 13.1. The van der Waals surface area contributed by atoms with E-state index in [0.29, 0.717) is 28.3 Å². The lowest BCUT2D eigenvalue weighted by Crippen LogP contribution is -2.36. The Balaban J connectivity index is 1.68. The molecule has 11 nitrogen and oxygen atoms in total. The molecule has 0 saturated carbocycles. The summed E-state index contributed by atoms with van der Waals surface area (Å²) in [6.45, 7) is 1.81. The number of aliphatic imine (C=N–C) groups is 1. The first-order chi connectivity index (χ1) is 19.3. The standard InChI is InChI=1S/C29H28N4O7/c1-18(21-7-3-4-8-23(21)32-27(35)24-9-5-6-14-30-24)31-26(28(36)37)22(19-10-12-20(39-2)13-11-19)17-25(34)33-15-16-40-29(33)38/h3-14,22,26H,15-17H2,1-2H3,(H,32,35)(H,36,37)/t22-,26+/m1/s1. The molecule has 1 aliphatic rings. The minimum absolute atomic E-state index is 0.0817. The van der Waals surface area contributed by atoms with E-state index in [1.165, 1.54) is 13.3 Å². The lowest BCUT2D eigenvalue weighted by Gasteiger charge is -2.24. The second kappa shape index (κ2) is 12.7. The number of ether oxygens (including phenoxy) is 2. The van der Waals surface area contributed by atoms with Gasteiger partial charge in [0.1, 0.15) is 18.1 Å². The summed E-state index contributed by atoms with van der Waals surface area (Å²) in [5, 5.41) is 13.1. The summed E-state index contributed by atoms with van der Waals surface area (Å²) in [5.74, 6) is -2.62. The zero-order valence-electron chi connectivity index (χ0n) is 21.9. The molecule has 11 heteroatoms. The lowest BCUT2D eigenvalue weighted by atomic mass is 9.87. The molecule has 206 valence electrons. The van der Waals surface area contributed by atoms with Gasteiger partial charge < -0.3 is 19.9 Å². The molecule has 2 N–H and O–H groups in total. The molecule has 0 radical (unpaired) electrons. The van der Waals surface area contributed by atoms with Gasteiger partial charge in [-0.05, 0) is 42.8 Å². The number of carboxylic acids is 1. The highest BCUT2D eigenvalue weighted by molar-refractivity contribution is 6.10. The number of hydrogen-bond donors (Lipinski definition) is 2. The number of rotatable bonds is 10. The minimum Gasteiger partial charge on any atom is -0.497 e. The van der Waals surface area contributed by atoms with Crippen LogP contribution in [0.1, 0.15) is 40.9 Å². The number of cyclic esters (lactones) is 1. The van der Waals surface area contributed by atoms with Gasteiger partial charge in [-0.3, -0.25) is 19.6 Å². The molecule has 1 aliphatic heterocycles. The van der Waals surface area contributed by atoms with Crippen LogP contribution in [0, 0.1) is 0 Å². The SMILES string of the molecule is COc1ccc([C@@H](CC(=O)N2CCOC2=O)[C@H](N=C(C)c2ccccc2NC(=O)c2ccccn2)C(=O)O)cc1. The van der Waals surface area contributed by atoms with Crippen LogP contribution in [-0.2, 0) is 14.3 Å². The number of anilines is 1. The molecule has 3 amide bonds. The number of carboxylic acid groups (broad SMARTS) is 1. The van der Waals surface area contributed by atoms with Gasteiger partial charge in [0.25, 0.3) is 5.91 Å². The summed E-state index contributed by atoms with van der Waals surface area (Å²) in [4.78, 5) is 60.0. The van der Waals surface area contributed by atoms with Crippen LogP contribution in [0.3, 0.4) is 0 Å². The van der Waals surface area contributed by atoms with Crippen molar-refractivity contribution in [1.29, 1.82) is 0 Å². The molecule has 1 fully saturated rings. The first-order valence-electron chi connectivity index (χ1n) is 12.5. The van der Waals surface area contributed by atoms with Gasteiger partial charge in [0.15, 0.2) is 6.04 Å². The van der Waals surface area contributed by atoms with Crippen LogP contribution >= 0.6 is 0 Å². The predicted octanol–water partition coefficient (Wildman–Crippen LogP) is 3.76. The second-order valence-corrected chi connectivity index (χ2v) is 8.96. The number of amides is 3. The Labute approximate surface area is 230 Å². The maximum Gasteiger partial charge on any atom is 0.416 e. The Kier molecular flexibility index (Phi) is 8.85. The third-order valence-corrected chi connectivity index (χ3v) is 6.43. The van der Waals surface area contributed by atoms with Crippen molar-refractivity contribution in [2.75, 3.05) is 25.6 Å². The highest BCUT2D eigenvalue weighted by atomic mass is 16.6. The third kappa shape index (κ3) is 6.49. The number of para-hydroxylation sites is 1. The first-order valence-corrected chi connectivity index (χ1v) is 12.5. The normalized spacial score (nSPS) is 14.7. The Morgan fingerprint density at radius 1 is 1.10 bits per heavy atom. The topological polar surface area (TPSA) is 147 Å². The van der Waals surface area contributed by atoms with E-state index in [1.807, 2.05) is 0 Å². The molecular weight excluding hydrogens is 516 g/mol. The second-order valence-electron chi connectivity index (χ2n) is 8.96. The van der Waals surface area contributed by atoms with Gasteiger partial charge in [-0.1, -0.05) is 36.4 Å². The fourth-order valence-electron chi connectivity index (χ4n) is 4.37. The third-order valence-electron chi connectivity index (χ3n) is 6.43. The van der Waals surface area contributed by atoms with E-state index in [1.54, 1.807) is 73.7 Å². The quantitative estimate of drug-likeness (QED) is 0.367. The van der Waals surface area contributed by atoms with Gasteiger partial charge in [0, 0.05) is 29.8 Å². The predicted molar refractivity (Wildman–Crippen MR) is 146 cm³/mol. The summed E-state index contributed by atoms with van der Waals surface area (Å²) < 4.78 is 10.1. The van der Waals surface area contributed by atoms with Crippen LogP contribution in [0.25, 0.3) is 0 Å². The van der Waals surface area contributed by atoms with Crippen molar-refractivity contribution in [2.24, 2.45) is 4.99 Å². The number of carbonyl (C=O) groups is 4. The van der Waals surface area contributed by atoms with Crippen LogP contribution in [0.15, 0.2) is 77.9 Å². The van der Waals surface area contributed by atoms with Gasteiger partial charge in [-0.25, -0.2) is 14.5 Å². The van der Waals surface area contributed by atoms with Gasteiger partial charge >= 0.3 is 12.1 Å². The van der Waals surface area contributed by atoms with Crippen LogP contribution in [-0.4, -0.2) is 70.9 Å². The van der Waals surface area contributed by atoms with Crippen LogP contribution in [0.4, 0.5) is 10.5 Å². The molecule has 3 aromatic rings. The monoisotopic (exact) mass is 544 g/mol. The van der Waals surface area contributed by atoms with E-state index in [0.717, 1.165) is 4.90 Å². The van der Waals surface area contributed by atoms with E-state index >= 15 is 0 Å². The van der Waals surface area contributed by atoms with Crippen molar-refractivity contribution in [3.8, 4) is 5.75 Å². The number of carbonyl (C=O) groups excluding carboxylic acids is 3. The van der Waals surface area contributed by atoms with Crippen molar-refractivity contribution < 1.29 is 33.8 Å². The molecule has 0 unspecified atom stereocenters. The number of imide groups is 1. The summed E-state index contributed by atoms with van der Waals surface area (Å²) in [6, 6.07) is 17.1. The molecule has 2 heterocycles. The Morgan fingerprint density at radius 3 is 2.45 bits per heavy atom. The van der Waals surface area contributed by atoms with E-state index < -0.39 is 35.8 Å². The average molecular weight is 545 g/mol. The number of aromatic nitrogens is 1.